The minimum atomic E-state index is -0.988. The number of benzene rings is 2. The lowest BCUT2D eigenvalue weighted by atomic mass is 10.2. The topological polar surface area (TPSA) is 64.6 Å². The molecule has 0 bridgehead atoms. The van der Waals surface area contributed by atoms with E-state index in [1.807, 2.05) is 0 Å². The van der Waals surface area contributed by atoms with Crippen LogP contribution in [-0.2, 0) is 14.3 Å². The van der Waals surface area contributed by atoms with Gasteiger partial charge in [0.15, 0.2) is 6.10 Å². The summed E-state index contributed by atoms with van der Waals surface area (Å²) in [6.45, 7) is 1.46. The van der Waals surface area contributed by atoms with Gasteiger partial charge in [-0.05, 0) is 55.0 Å². The summed E-state index contributed by atoms with van der Waals surface area (Å²) in [4.78, 5) is 23.7. The molecule has 0 saturated carbocycles. The van der Waals surface area contributed by atoms with E-state index in [0.29, 0.717) is 11.4 Å². The van der Waals surface area contributed by atoms with Crippen molar-refractivity contribution in [3.63, 3.8) is 0 Å². The Morgan fingerprint density at radius 1 is 1.08 bits per heavy atom. The molecule has 1 atom stereocenters. The van der Waals surface area contributed by atoms with Crippen LogP contribution in [0.1, 0.15) is 12.5 Å². The first-order chi connectivity index (χ1) is 12.0. The van der Waals surface area contributed by atoms with Crippen molar-refractivity contribution in [2.45, 2.75) is 13.0 Å². The Labute approximate surface area is 145 Å². The zero-order valence-electron chi connectivity index (χ0n) is 13.9. The monoisotopic (exact) mass is 343 g/mol. The minimum absolute atomic E-state index is 0.402. The zero-order chi connectivity index (χ0) is 18.2. The number of ether oxygens (including phenoxy) is 2. The van der Waals surface area contributed by atoms with Gasteiger partial charge in [0.05, 0.1) is 7.11 Å². The summed E-state index contributed by atoms with van der Waals surface area (Å²) in [5.41, 5.74) is 1.21. The van der Waals surface area contributed by atoms with Crippen LogP contribution in [0.2, 0.25) is 0 Å². The molecule has 6 heteroatoms. The molecule has 1 amide bonds. The van der Waals surface area contributed by atoms with E-state index in [2.05, 4.69) is 5.32 Å². The summed E-state index contributed by atoms with van der Waals surface area (Å²) >= 11 is 0. The van der Waals surface area contributed by atoms with E-state index < -0.39 is 23.8 Å². The number of rotatable bonds is 6. The maximum absolute atomic E-state index is 12.8. The van der Waals surface area contributed by atoms with Crippen molar-refractivity contribution in [3.05, 3.63) is 66.0 Å². The maximum atomic E-state index is 12.8. The fraction of sp³-hybridized carbons (Fsp3) is 0.158. The van der Waals surface area contributed by atoms with Crippen LogP contribution in [0.4, 0.5) is 10.1 Å². The first kappa shape index (κ1) is 18.2. The van der Waals surface area contributed by atoms with Gasteiger partial charge in [0, 0.05) is 11.8 Å². The summed E-state index contributed by atoms with van der Waals surface area (Å²) in [6, 6.07) is 12.4. The fourth-order valence-corrected chi connectivity index (χ4v) is 1.92. The molecule has 0 aromatic heterocycles. The Morgan fingerprint density at radius 3 is 2.32 bits per heavy atom. The highest BCUT2D eigenvalue weighted by Gasteiger charge is 2.16. The molecule has 130 valence electrons. The van der Waals surface area contributed by atoms with Crippen LogP contribution in [0, 0.1) is 5.82 Å². The fourth-order valence-electron chi connectivity index (χ4n) is 1.92. The highest BCUT2D eigenvalue weighted by atomic mass is 19.1. The van der Waals surface area contributed by atoms with Crippen LogP contribution < -0.4 is 10.1 Å². The Bertz CT molecular complexity index is 754. The number of halogens is 1. The molecule has 0 heterocycles. The summed E-state index contributed by atoms with van der Waals surface area (Å²) in [6.07, 6.45) is 1.83. The van der Waals surface area contributed by atoms with Crippen LogP contribution in [0.15, 0.2) is 54.6 Å². The van der Waals surface area contributed by atoms with Gasteiger partial charge in [-0.1, -0.05) is 12.1 Å². The predicted octanol–water partition coefficient (Wildman–Crippen LogP) is 3.42. The molecule has 2 aromatic rings. The number of amides is 1. The molecular formula is C19H18FNO4. The first-order valence-electron chi connectivity index (χ1n) is 7.57. The molecule has 0 aliphatic carbocycles. The Kier molecular flexibility index (Phi) is 6.28. The lowest BCUT2D eigenvalue weighted by Gasteiger charge is -2.12. The van der Waals surface area contributed by atoms with Gasteiger partial charge in [-0.2, -0.15) is 0 Å². The highest BCUT2D eigenvalue weighted by Crippen LogP contribution is 2.13. The predicted molar refractivity (Wildman–Crippen MR) is 92.6 cm³/mol. The molecule has 5 nitrogen and oxygen atoms in total. The third kappa shape index (κ3) is 5.76. The standard InChI is InChI=1S/C19H18FNO4/c1-13(19(23)21-16-8-6-15(20)7-9-16)25-18(22)12-5-14-3-10-17(24-2)11-4-14/h3-13H,1-2H3,(H,21,23)/b12-5+/t13-/m0/s1. The smallest absolute Gasteiger partial charge is 0.331 e. The molecule has 0 fully saturated rings. The number of nitrogens with one attached hydrogen (secondary N) is 1. The number of esters is 1. The number of carbonyl (C=O) groups excluding carboxylic acids is 2. The number of methoxy groups -OCH3 is 1. The van der Waals surface area contributed by atoms with Gasteiger partial charge >= 0.3 is 5.97 Å². The summed E-state index contributed by atoms with van der Waals surface area (Å²) in [5.74, 6) is -0.831. The Morgan fingerprint density at radius 2 is 1.72 bits per heavy atom. The quantitative estimate of drug-likeness (QED) is 0.645. The van der Waals surface area contributed by atoms with Crippen LogP contribution >= 0.6 is 0 Å². The second kappa shape index (κ2) is 8.63. The van der Waals surface area contributed by atoms with Crippen molar-refractivity contribution in [1.82, 2.24) is 0 Å². The Balaban J connectivity index is 1.86. The van der Waals surface area contributed by atoms with E-state index in [9.17, 15) is 14.0 Å². The Hall–Kier alpha value is -3.15. The van der Waals surface area contributed by atoms with E-state index >= 15 is 0 Å². The lowest BCUT2D eigenvalue weighted by molar-refractivity contribution is -0.148. The molecule has 0 aliphatic rings. The van der Waals surface area contributed by atoms with Crippen LogP contribution in [0.3, 0.4) is 0 Å². The van der Waals surface area contributed by atoms with Gasteiger partial charge in [-0.15, -0.1) is 0 Å². The number of anilines is 1. The van der Waals surface area contributed by atoms with Gasteiger partial charge < -0.3 is 14.8 Å². The molecule has 25 heavy (non-hydrogen) atoms. The highest BCUT2D eigenvalue weighted by molar-refractivity contribution is 5.96. The largest absolute Gasteiger partial charge is 0.497 e. The van der Waals surface area contributed by atoms with Gasteiger partial charge in [0.25, 0.3) is 5.91 Å². The van der Waals surface area contributed by atoms with Gasteiger partial charge in [-0.3, -0.25) is 4.79 Å². The van der Waals surface area contributed by atoms with Crippen molar-refractivity contribution in [3.8, 4) is 5.75 Å². The number of carbonyl (C=O) groups is 2. The maximum Gasteiger partial charge on any atom is 0.331 e. The number of hydrogen-bond acceptors (Lipinski definition) is 4. The summed E-state index contributed by atoms with van der Waals surface area (Å²) in [7, 11) is 1.57. The molecule has 2 rings (SSSR count). The van der Waals surface area contributed by atoms with Gasteiger partial charge in [-0.25, -0.2) is 9.18 Å². The molecule has 0 aliphatic heterocycles. The molecule has 0 unspecified atom stereocenters. The third-order valence-corrected chi connectivity index (χ3v) is 3.30. The summed E-state index contributed by atoms with van der Waals surface area (Å²) in [5, 5.41) is 2.54. The first-order valence-corrected chi connectivity index (χ1v) is 7.57. The lowest BCUT2D eigenvalue weighted by Crippen LogP contribution is -2.29. The molecule has 0 radical (unpaired) electrons. The second-order valence-electron chi connectivity index (χ2n) is 5.18. The normalized spacial score (nSPS) is 11.8. The van der Waals surface area contributed by atoms with Gasteiger partial charge in [0.2, 0.25) is 0 Å². The van der Waals surface area contributed by atoms with Crippen LogP contribution in [-0.4, -0.2) is 25.1 Å². The van der Waals surface area contributed by atoms with Crippen molar-refractivity contribution < 1.29 is 23.5 Å². The number of hydrogen-bond donors (Lipinski definition) is 1. The molecule has 2 aromatic carbocycles. The molecule has 0 saturated heterocycles. The van der Waals surface area contributed by atoms with Crippen molar-refractivity contribution >= 4 is 23.6 Å². The van der Waals surface area contributed by atoms with Crippen LogP contribution in [0.5, 0.6) is 5.75 Å². The minimum Gasteiger partial charge on any atom is -0.497 e. The molecule has 1 N–H and O–H groups in total. The van der Waals surface area contributed by atoms with Crippen LogP contribution in [0.25, 0.3) is 6.08 Å². The van der Waals surface area contributed by atoms with E-state index in [4.69, 9.17) is 9.47 Å². The van der Waals surface area contributed by atoms with E-state index in [0.717, 1.165) is 5.56 Å². The second-order valence-corrected chi connectivity index (χ2v) is 5.18. The van der Waals surface area contributed by atoms with Crippen molar-refractivity contribution in [2.75, 3.05) is 12.4 Å². The van der Waals surface area contributed by atoms with Gasteiger partial charge in [0.1, 0.15) is 11.6 Å². The van der Waals surface area contributed by atoms with E-state index in [1.165, 1.54) is 37.3 Å². The SMILES string of the molecule is COc1ccc(/C=C/C(=O)O[C@@H](C)C(=O)Nc2ccc(F)cc2)cc1. The average Bonchev–Trinajstić information content (AvgIpc) is 2.62. The summed E-state index contributed by atoms with van der Waals surface area (Å²) < 4.78 is 22.9. The zero-order valence-corrected chi connectivity index (χ0v) is 13.9. The third-order valence-electron chi connectivity index (χ3n) is 3.30. The van der Waals surface area contributed by atoms with E-state index in [-0.39, 0.29) is 0 Å². The van der Waals surface area contributed by atoms with E-state index in [1.54, 1.807) is 37.5 Å². The van der Waals surface area contributed by atoms with Crippen molar-refractivity contribution in [1.29, 1.82) is 0 Å². The average molecular weight is 343 g/mol. The molecule has 0 spiro atoms. The van der Waals surface area contributed by atoms with Crippen molar-refractivity contribution in [2.24, 2.45) is 0 Å². The molecular weight excluding hydrogens is 325 g/mol.